The second-order valence-electron chi connectivity index (χ2n) is 10.8. The fourth-order valence-corrected chi connectivity index (χ4v) is 6.20. The van der Waals surface area contributed by atoms with Gasteiger partial charge in [-0.25, -0.2) is 4.39 Å². The molecule has 1 heterocycles. The first-order valence-corrected chi connectivity index (χ1v) is 14.2. The zero-order valence-electron chi connectivity index (χ0n) is 22.3. The lowest BCUT2D eigenvalue weighted by Gasteiger charge is -2.45. The van der Waals surface area contributed by atoms with E-state index in [4.69, 9.17) is 11.6 Å². The third kappa shape index (κ3) is 6.40. The average molecular weight is 548 g/mol. The summed E-state index contributed by atoms with van der Waals surface area (Å²) in [5.41, 5.74) is 4.15. The van der Waals surface area contributed by atoms with Crippen molar-refractivity contribution < 1.29 is 14.0 Å². The summed E-state index contributed by atoms with van der Waals surface area (Å²) < 4.78 is 13.5. The van der Waals surface area contributed by atoms with Crippen LogP contribution in [0.3, 0.4) is 0 Å². The van der Waals surface area contributed by atoms with Crippen molar-refractivity contribution in [2.45, 2.75) is 57.0 Å². The summed E-state index contributed by atoms with van der Waals surface area (Å²) in [6.45, 7) is 3.68. The largest absolute Gasteiger partial charge is 0.325 e. The topological polar surface area (TPSA) is 61.4 Å². The number of Topliss-reactive ketones (excluding diaryl/α,β-unsaturated/α-hetero) is 1. The van der Waals surface area contributed by atoms with E-state index in [2.05, 4.69) is 39.8 Å². The Hall–Kier alpha value is -3.06. The van der Waals surface area contributed by atoms with Gasteiger partial charge in [0.05, 0.1) is 11.6 Å². The van der Waals surface area contributed by atoms with E-state index in [1.54, 1.807) is 6.92 Å². The Morgan fingerprint density at radius 3 is 2.15 bits per heavy atom. The number of ketones is 1. The van der Waals surface area contributed by atoms with Gasteiger partial charge in [0, 0.05) is 35.9 Å². The lowest BCUT2D eigenvalue weighted by Crippen LogP contribution is -2.54. The van der Waals surface area contributed by atoms with Crippen molar-refractivity contribution in [3.63, 3.8) is 0 Å². The molecule has 0 atom stereocenters. The average Bonchev–Trinajstić information content (AvgIpc) is 3.50. The molecule has 1 amide bonds. The van der Waals surface area contributed by atoms with E-state index in [1.807, 2.05) is 24.3 Å². The number of hydrogen-bond acceptors (Lipinski definition) is 4. The number of rotatable bonds is 8. The molecule has 5 rings (SSSR count). The maximum absolute atomic E-state index is 13.5. The molecule has 2 aliphatic rings. The van der Waals surface area contributed by atoms with Crippen molar-refractivity contribution in [1.82, 2.24) is 10.2 Å². The number of nitrogens with zero attached hydrogens (tertiary/aromatic N) is 1. The molecule has 1 aliphatic carbocycles. The lowest BCUT2D eigenvalue weighted by atomic mass is 9.79. The van der Waals surface area contributed by atoms with Crippen molar-refractivity contribution in [3.05, 3.63) is 88.7 Å². The number of carbonyl (C=O) groups excluding carboxylic acids is 2. The Morgan fingerprint density at radius 2 is 1.56 bits per heavy atom. The van der Waals surface area contributed by atoms with Crippen LogP contribution >= 0.6 is 11.6 Å². The maximum atomic E-state index is 13.5. The number of halogens is 2. The number of carbonyl (C=O) groups is 2. The van der Waals surface area contributed by atoms with E-state index in [1.165, 1.54) is 43.9 Å². The van der Waals surface area contributed by atoms with E-state index in [0.29, 0.717) is 17.3 Å². The quantitative estimate of drug-likeness (QED) is 0.304. The Balaban J connectivity index is 1.32. The van der Waals surface area contributed by atoms with Gasteiger partial charge in [-0.15, -0.1) is 0 Å². The normalized spacial score (nSPS) is 17.7. The van der Waals surface area contributed by atoms with Gasteiger partial charge < -0.3 is 10.2 Å². The molecule has 0 unspecified atom stereocenters. The lowest BCUT2D eigenvalue weighted by molar-refractivity contribution is -0.116. The van der Waals surface area contributed by atoms with Crippen molar-refractivity contribution in [1.29, 1.82) is 0 Å². The van der Waals surface area contributed by atoms with Crippen LogP contribution in [0, 0.1) is 5.82 Å². The second kappa shape index (κ2) is 12.0. The number of anilines is 1. The van der Waals surface area contributed by atoms with Crippen LogP contribution in [-0.2, 0) is 10.3 Å². The fourth-order valence-electron chi connectivity index (χ4n) is 6.02. The third-order valence-corrected chi connectivity index (χ3v) is 8.64. The van der Waals surface area contributed by atoms with Crippen LogP contribution in [0.25, 0.3) is 11.1 Å². The highest BCUT2D eigenvalue weighted by atomic mass is 35.5. The highest BCUT2D eigenvalue weighted by molar-refractivity contribution is 6.31. The number of benzene rings is 3. The minimum atomic E-state index is -0.515. The Kier molecular flexibility index (Phi) is 8.46. The van der Waals surface area contributed by atoms with Crippen LogP contribution in [0.1, 0.15) is 61.4 Å². The van der Waals surface area contributed by atoms with Crippen LogP contribution in [0.5, 0.6) is 0 Å². The van der Waals surface area contributed by atoms with E-state index >= 15 is 0 Å². The summed E-state index contributed by atoms with van der Waals surface area (Å²) >= 11 is 5.88. The molecule has 7 heteroatoms. The molecule has 1 saturated heterocycles. The highest BCUT2D eigenvalue weighted by Crippen LogP contribution is 2.37. The third-order valence-electron chi connectivity index (χ3n) is 8.35. The molecule has 3 aromatic rings. The molecule has 204 valence electrons. The monoisotopic (exact) mass is 547 g/mol. The van der Waals surface area contributed by atoms with E-state index in [0.717, 1.165) is 42.6 Å². The van der Waals surface area contributed by atoms with Crippen LogP contribution in [0.2, 0.25) is 5.02 Å². The van der Waals surface area contributed by atoms with Gasteiger partial charge >= 0.3 is 0 Å². The van der Waals surface area contributed by atoms with Gasteiger partial charge in [-0.1, -0.05) is 73.0 Å². The maximum Gasteiger partial charge on any atom is 0.238 e. The van der Waals surface area contributed by atoms with Crippen molar-refractivity contribution >= 4 is 29.0 Å². The molecule has 3 aromatic carbocycles. The molecular weight excluding hydrogens is 513 g/mol. The molecular formula is C32H35ClFN3O2. The van der Waals surface area contributed by atoms with Gasteiger partial charge in [0.1, 0.15) is 5.82 Å². The predicted molar refractivity (Wildman–Crippen MR) is 155 cm³/mol. The molecule has 0 radical (unpaired) electrons. The summed E-state index contributed by atoms with van der Waals surface area (Å²) in [5.74, 6) is -0.656. The molecule has 5 nitrogen and oxygen atoms in total. The molecule has 0 spiro atoms. The minimum Gasteiger partial charge on any atom is -0.325 e. The van der Waals surface area contributed by atoms with E-state index in [-0.39, 0.29) is 28.8 Å². The zero-order valence-corrected chi connectivity index (χ0v) is 23.1. The van der Waals surface area contributed by atoms with Crippen molar-refractivity contribution in [3.8, 4) is 11.1 Å². The highest BCUT2D eigenvalue weighted by Gasteiger charge is 2.38. The van der Waals surface area contributed by atoms with Crippen molar-refractivity contribution in [2.75, 3.05) is 25.0 Å². The first-order chi connectivity index (χ1) is 18.8. The molecule has 2 fully saturated rings. The molecule has 0 aromatic heterocycles. The Bertz CT molecular complexity index is 1310. The molecule has 1 saturated carbocycles. The first kappa shape index (κ1) is 27.5. The molecule has 1 aliphatic heterocycles. The van der Waals surface area contributed by atoms with Crippen LogP contribution in [0.4, 0.5) is 10.1 Å². The summed E-state index contributed by atoms with van der Waals surface area (Å²) in [6.07, 6.45) is 7.00. The van der Waals surface area contributed by atoms with Gasteiger partial charge in [-0.3, -0.25) is 14.9 Å². The number of likely N-dealkylation sites (tertiary alicyclic amines) is 1. The zero-order chi connectivity index (χ0) is 27.4. The van der Waals surface area contributed by atoms with Gasteiger partial charge in [-0.05, 0) is 67.5 Å². The summed E-state index contributed by atoms with van der Waals surface area (Å²) in [4.78, 5) is 27.1. The Morgan fingerprint density at radius 1 is 0.949 bits per heavy atom. The predicted octanol–water partition coefficient (Wildman–Crippen LogP) is 6.81. The number of hydrogen-bond donors (Lipinski definition) is 2. The summed E-state index contributed by atoms with van der Waals surface area (Å²) in [7, 11) is 0. The van der Waals surface area contributed by atoms with E-state index in [9.17, 15) is 14.0 Å². The smallest absolute Gasteiger partial charge is 0.238 e. The Labute approximate surface area is 234 Å². The molecule has 0 bridgehead atoms. The number of piperidine rings is 1. The van der Waals surface area contributed by atoms with Crippen LogP contribution < -0.4 is 10.6 Å². The van der Waals surface area contributed by atoms with Crippen LogP contribution in [0.15, 0.2) is 66.7 Å². The number of nitrogens with one attached hydrogen (secondary N) is 2. The molecule has 2 N–H and O–H groups in total. The minimum absolute atomic E-state index is 0.0208. The van der Waals surface area contributed by atoms with Crippen LogP contribution in [-0.4, -0.2) is 42.3 Å². The number of amides is 1. The fraction of sp³-hybridized carbons (Fsp3) is 0.375. The first-order valence-electron chi connectivity index (χ1n) is 13.8. The van der Waals surface area contributed by atoms with Gasteiger partial charge in [0.25, 0.3) is 0 Å². The molecule has 39 heavy (non-hydrogen) atoms. The van der Waals surface area contributed by atoms with Gasteiger partial charge in [-0.2, -0.15) is 0 Å². The van der Waals surface area contributed by atoms with E-state index < -0.39 is 5.82 Å². The van der Waals surface area contributed by atoms with Gasteiger partial charge in [0.15, 0.2) is 5.78 Å². The van der Waals surface area contributed by atoms with Gasteiger partial charge in [0.2, 0.25) is 5.91 Å². The second-order valence-corrected chi connectivity index (χ2v) is 11.2. The SMILES string of the molecule is CC(=O)c1ccc(-c2ccc(C3(NCC(=O)Nc4ccc(F)c(Cl)c4)CCN(C4CCCC4)CC3)cc2)cc1. The summed E-state index contributed by atoms with van der Waals surface area (Å²) in [6, 6.07) is 21.1. The standard InChI is InChI=1S/C32H35ClFN3O2/c1-22(38)23-6-8-24(9-7-23)25-10-12-26(13-11-25)32(16-18-37(19-17-32)28-4-2-3-5-28)35-21-31(39)36-27-14-15-30(34)29(33)20-27/h6-15,20,28,35H,2-5,16-19,21H2,1H3,(H,36,39). The van der Waals surface area contributed by atoms with Crippen molar-refractivity contribution in [2.24, 2.45) is 0 Å². The summed E-state index contributed by atoms with van der Waals surface area (Å²) in [5, 5.41) is 6.41.